The highest BCUT2D eigenvalue weighted by Crippen LogP contribution is 2.22. The fourth-order valence-electron chi connectivity index (χ4n) is 1.78. The van der Waals surface area contributed by atoms with Gasteiger partial charge in [-0.2, -0.15) is 0 Å². The molecule has 20 heavy (non-hydrogen) atoms. The first kappa shape index (κ1) is 12.6. The van der Waals surface area contributed by atoms with Crippen molar-refractivity contribution in [2.24, 2.45) is 0 Å². The number of amides is 1. The van der Waals surface area contributed by atoms with Crippen molar-refractivity contribution >= 4 is 23.1 Å². The minimum Gasteiger partial charge on any atom is -0.338 e. The lowest BCUT2D eigenvalue weighted by Crippen LogP contribution is -2.09. The number of hydrogen-bond acceptors (Lipinski definition) is 4. The molecule has 5 heteroatoms. The van der Waals surface area contributed by atoms with E-state index in [1.807, 2.05) is 42.6 Å². The zero-order valence-electron chi connectivity index (χ0n) is 10.8. The molecule has 1 amide bonds. The molecule has 0 saturated carbocycles. The minimum atomic E-state index is -0.188. The Morgan fingerprint density at radius 1 is 1.25 bits per heavy atom. The van der Waals surface area contributed by atoms with Crippen LogP contribution in [-0.4, -0.2) is 11.1 Å². The fraction of sp³-hybridized carbons (Fsp3) is 0.0667. The number of thiophene rings is 1. The molecule has 0 aliphatic carbocycles. The van der Waals surface area contributed by atoms with Gasteiger partial charge in [0.05, 0.1) is 4.88 Å². The van der Waals surface area contributed by atoms with Gasteiger partial charge in [0.2, 0.25) is 5.88 Å². The van der Waals surface area contributed by atoms with Gasteiger partial charge in [0.1, 0.15) is 5.69 Å². The summed E-state index contributed by atoms with van der Waals surface area (Å²) in [5.41, 5.74) is 2.84. The molecular weight excluding hydrogens is 272 g/mol. The van der Waals surface area contributed by atoms with Gasteiger partial charge in [0, 0.05) is 11.6 Å². The van der Waals surface area contributed by atoms with Crippen molar-refractivity contribution in [3.05, 3.63) is 58.3 Å². The molecule has 0 fully saturated rings. The van der Waals surface area contributed by atoms with Gasteiger partial charge in [-0.3, -0.25) is 10.1 Å². The van der Waals surface area contributed by atoms with E-state index in [-0.39, 0.29) is 5.91 Å². The molecule has 1 N–H and O–H groups in total. The van der Waals surface area contributed by atoms with E-state index in [1.54, 1.807) is 12.1 Å². The SMILES string of the molecule is Cc1ccc(-c2cc(NC(=O)c3cccs3)on2)cc1. The topological polar surface area (TPSA) is 55.1 Å². The second-order valence-corrected chi connectivity index (χ2v) is 5.32. The van der Waals surface area contributed by atoms with Crippen LogP contribution in [0.4, 0.5) is 5.88 Å². The third-order valence-corrected chi connectivity index (χ3v) is 3.71. The Balaban J connectivity index is 1.77. The van der Waals surface area contributed by atoms with Crippen LogP contribution in [0.3, 0.4) is 0 Å². The Hall–Kier alpha value is -2.40. The predicted octanol–water partition coefficient (Wildman–Crippen LogP) is 3.96. The number of aryl methyl sites for hydroxylation is 1. The quantitative estimate of drug-likeness (QED) is 0.792. The molecule has 2 aromatic heterocycles. The number of carbonyl (C=O) groups excluding carboxylic acids is 1. The second kappa shape index (κ2) is 5.30. The van der Waals surface area contributed by atoms with Crippen molar-refractivity contribution in [3.63, 3.8) is 0 Å². The van der Waals surface area contributed by atoms with Gasteiger partial charge in [-0.1, -0.05) is 41.1 Å². The van der Waals surface area contributed by atoms with Crippen LogP contribution in [0.1, 0.15) is 15.2 Å². The average Bonchev–Trinajstić information content (AvgIpc) is 3.10. The Morgan fingerprint density at radius 3 is 2.75 bits per heavy atom. The van der Waals surface area contributed by atoms with Crippen LogP contribution in [0.15, 0.2) is 52.4 Å². The van der Waals surface area contributed by atoms with Crippen molar-refractivity contribution in [2.75, 3.05) is 5.32 Å². The highest BCUT2D eigenvalue weighted by atomic mass is 32.1. The van der Waals surface area contributed by atoms with Crippen molar-refractivity contribution in [3.8, 4) is 11.3 Å². The smallest absolute Gasteiger partial charge is 0.268 e. The lowest BCUT2D eigenvalue weighted by atomic mass is 10.1. The third-order valence-electron chi connectivity index (χ3n) is 2.84. The van der Waals surface area contributed by atoms with Crippen molar-refractivity contribution < 1.29 is 9.32 Å². The van der Waals surface area contributed by atoms with Gasteiger partial charge in [-0.15, -0.1) is 11.3 Å². The number of nitrogens with one attached hydrogen (secondary N) is 1. The second-order valence-electron chi connectivity index (χ2n) is 4.37. The number of carbonyl (C=O) groups is 1. The molecule has 0 radical (unpaired) electrons. The minimum absolute atomic E-state index is 0.188. The van der Waals surface area contributed by atoms with Gasteiger partial charge >= 0.3 is 0 Å². The number of hydrogen-bond donors (Lipinski definition) is 1. The normalized spacial score (nSPS) is 10.4. The Bertz CT molecular complexity index is 715. The van der Waals surface area contributed by atoms with Crippen molar-refractivity contribution in [1.29, 1.82) is 0 Å². The van der Waals surface area contributed by atoms with E-state index >= 15 is 0 Å². The predicted molar refractivity (Wildman–Crippen MR) is 78.9 cm³/mol. The highest BCUT2D eigenvalue weighted by molar-refractivity contribution is 7.12. The molecule has 3 aromatic rings. The zero-order valence-corrected chi connectivity index (χ0v) is 11.6. The molecule has 0 bridgehead atoms. The molecule has 1 aromatic carbocycles. The van der Waals surface area contributed by atoms with Crippen LogP contribution in [-0.2, 0) is 0 Å². The monoisotopic (exact) mass is 284 g/mol. The molecule has 100 valence electrons. The largest absolute Gasteiger partial charge is 0.338 e. The Kier molecular flexibility index (Phi) is 3.35. The molecule has 0 spiro atoms. The van der Waals surface area contributed by atoms with E-state index in [0.717, 1.165) is 5.56 Å². The number of aromatic nitrogens is 1. The average molecular weight is 284 g/mol. The summed E-state index contributed by atoms with van der Waals surface area (Å²) < 4.78 is 5.14. The summed E-state index contributed by atoms with van der Waals surface area (Å²) in [5.74, 6) is 0.158. The molecule has 0 aliphatic heterocycles. The van der Waals surface area contributed by atoms with Crippen LogP contribution >= 0.6 is 11.3 Å². The summed E-state index contributed by atoms with van der Waals surface area (Å²) in [4.78, 5) is 12.5. The standard InChI is InChI=1S/C15H12N2O2S/c1-10-4-6-11(7-5-10)12-9-14(19-17-12)16-15(18)13-3-2-8-20-13/h2-9H,1H3,(H,16,18). The number of benzene rings is 1. The van der Waals surface area contributed by atoms with E-state index in [4.69, 9.17) is 4.52 Å². The lowest BCUT2D eigenvalue weighted by molar-refractivity contribution is 0.102. The lowest BCUT2D eigenvalue weighted by Gasteiger charge is -1.96. The molecule has 2 heterocycles. The van der Waals surface area contributed by atoms with Crippen LogP contribution in [0.2, 0.25) is 0 Å². The van der Waals surface area contributed by atoms with Crippen molar-refractivity contribution in [1.82, 2.24) is 5.16 Å². The first-order chi connectivity index (χ1) is 9.72. The van der Waals surface area contributed by atoms with E-state index in [0.29, 0.717) is 16.5 Å². The van der Waals surface area contributed by atoms with E-state index in [9.17, 15) is 4.79 Å². The van der Waals surface area contributed by atoms with E-state index in [2.05, 4.69) is 10.5 Å². The van der Waals surface area contributed by atoms with Crippen LogP contribution in [0, 0.1) is 6.92 Å². The molecule has 0 unspecified atom stereocenters. The highest BCUT2D eigenvalue weighted by Gasteiger charge is 2.11. The summed E-state index contributed by atoms with van der Waals surface area (Å²) in [6, 6.07) is 13.3. The molecule has 3 rings (SSSR count). The Morgan fingerprint density at radius 2 is 2.05 bits per heavy atom. The molecule has 0 aliphatic rings. The van der Waals surface area contributed by atoms with Gasteiger partial charge < -0.3 is 4.52 Å². The summed E-state index contributed by atoms with van der Waals surface area (Å²) >= 11 is 1.38. The maximum atomic E-state index is 11.9. The van der Waals surface area contributed by atoms with E-state index < -0.39 is 0 Å². The fourth-order valence-corrected chi connectivity index (χ4v) is 2.39. The molecule has 0 atom stereocenters. The summed E-state index contributed by atoms with van der Waals surface area (Å²) in [6.07, 6.45) is 0. The number of anilines is 1. The first-order valence-corrected chi connectivity index (χ1v) is 6.99. The number of nitrogens with zero attached hydrogens (tertiary/aromatic N) is 1. The molecule has 4 nitrogen and oxygen atoms in total. The van der Waals surface area contributed by atoms with Gasteiger partial charge in [0.15, 0.2) is 0 Å². The van der Waals surface area contributed by atoms with Crippen LogP contribution in [0.5, 0.6) is 0 Å². The molecular formula is C15H12N2O2S. The third kappa shape index (κ3) is 2.62. The van der Waals surface area contributed by atoms with Crippen molar-refractivity contribution in [2.45, 2.75) is 6.92 Å². The Labute approximate surface area is 120 Å². The summed E-state index contributed by atoms with van der Waals surface area (Å²) in [5, 5.41) is 8.51. The first-order valence-electron chi connectivity index (χ1n) is 6.11. The van der Waals surface area contributed by atoms with Crippen LogP contribution in [0.25, 0.3) is 11.3 Å². The summed E-state index contributed by atoms with van der Waals surface area (Å²) in [6.45, 7) is 2.03. The molecule has 0 saturated heterocycles. The van der Waals surface area contributed by atoms with E-state index in [1.165, 1.54) is 16.9 Å². The van der Waals surface area contributed by atoms with Gasteiger partial charge in [-0.25, -0.2) is 0 Å². The maximum absolute atomic E-state index is 11.9. The van der Waals surface area contributed by atoms with Crippen LogP contribution < -0.4 is 5.32 Å². The number of rotatable bonds is 3. The summed E-state index contributed by atoms with van der Waals surface area (Å²) in [7, 11) is 0. The van der Waals surface area contributed by atoms with Gasteiger partial charge in [0.25, 0.3) is 5.91 Å². The maximum Gasteiger partial charge on any atom is 0.268 e. The zero-order chi connectivity index (χ0) is 13.9. The van der Waals surface area contributed by atoms with Gasteiger partial charge in [-0.05, 0) is 18.4 Å².